The van der Waals surface area contributed by atoms with Crippen LogP contribution in [-0.2, 0) is 22.6 Å². The normalized spacial score (nSPS) is 15.9. The Morgan fingerprint density at radius 1 is 1.18 bits per heavy atom. The van der Waals surface area contributed by atoms with Crippen LogP contribution in [0.15, 0.2) is 41.3 Å². The molecule has 0 radical (unpaired) electrons. The molecule has 1 amide bonds. The molecule has 1 aromatic heterocycles. The minimum absolute atomic E-state index is 0.0841. The lowest BCUT2D eigenvalue weighted by atomic mass is 10.1. The second-order valence-electron chi connectivity index (χ2n) is 6.25. The van der Waals surface area contributed by atoms with E-state index in [2.05, 4.69) is 0 Å². The second-order valence-corrected chi connectivity index (χ2v) is 6.25. The van der Waals surface area contributed by atoms with Crippen LogP contribution in [0.3, 0.4) is 0 Å². The number of benzene rings is 1. The lowest BCUT2D eigenvalue weighted by Gasteiger charge is -2.36. The van der Waals surface area contributed by atoms with Crippen LogP contribution in [0.25, 0.3) is 0 Å². The number of aromatic nitrogens is 1. The highest BCUT2D eigenvalue weighted by Crippen LogP contribution is 2.25. The number of pyridine rings is 1. The SMILES string of the molecule is CCN1C(=O)c2c(OCc3ccccc3)c(=O)c(C(=O)OC)cn2CC1OC. The largest absolute Gasteiger partial charge is 0.483 e. The lowest BCUT2D eigenvalue weighted by Crippen LogP contribution is -2.50. The fourth-order valence-corrected chi connectivity index (χ4v) is 3.20. The first-order chi connectivity index (χ1) is 13.5. The molecule has 0 saturated heterocycles. The van der Waals surface area contributed by atoms with Gasteiger partial charge in [0.05, 0.1) is 13.7 Å². The number of methoxy groups -OCH3 is 2. The van der Waals surface area contributed by atoms with Crippen molar-refractivity contribution >= 4 is 11.9 Å². The van der Waals surface area contributed by atoms with Crippen LogP contribution >= 0.6 is 0 Å². The van der Waals surface area contributed by atoms with Crippen molar-refractivity contribution in [2.75, 3.05) is 20.8 Å². The summed E-state index contributed by atoms with van der Waals surface area (Å²) >= 11 is 0. The first kappa shape index (κ1) is 19.6. The number of amides is 1. The molecular weight excluding hydrogens is 364 g/mol. The zero-order chi connectivity index (χ0) is 20.3. The Balaban J connectivity index is 2.12. The van der Waals surface area contributed by atoms with Gasteiger partial charge in [-0.2, -0.15) is 0 Å². The minimum atomic E-state index is -0.788. The molecule has 0 spiro atoms. The van der Waals surface area contributed by atoms with Gasteiger partial charge in [-0.3, -0.25) is 9.59 Å². The van der Waals surface area contributed by atoms with E-state index in [-0.39, 0.29) is 30.2 Å². The fraction of sp³-hybridized carbons (Fsp3) is 0.350. The van der Waals surface area contributed by atoms with Crippen molar-refractivity contribution in [1.82, 2.24) is 9.47 Å². The van der Waals surface area contributed by atoms with Gasteiger partial charge in [0.15, 0.2) is 11.4 Å². The number of hydrogen-bond acceptors (Lipinski definition) is 6. The number of hydrogen-bond donors (Lipinski definition) is 0. The number of nitrogens with zero attached hydrogens (tertiary/aromatic N) is 2. The third-order valence-electron chi connectivity index (χ3n) is 4.65. The van der Waals surface area contributed by atoms with E-state index >= 15 is 0 Å². The van der Waals surface area contributed by atoms with Crippen LogP contribution in [0.5, 0.6) is 5.75 Å². The van der Waals surface area contributed by atoms with Crippen molar-refractivity contribution in [1.29, 1.82) is 0 Å². The zero-order valence-corrected chi connectivity index (χ0v) is 16.0. The highest BCUT2D eigenvalue weighted by molar-refractivity contribution is 5.98. The van der Waals surface area contributed by atoms with Crippen molar-refractivity contribution in [3.8, 4) is 5.75 Å². The average molecular weight is 386 g/mol. The van der Waals surface area contributed by atoms with Gasteiger partial charge >= 0.3 is 5.97 Å². The van der Waals surface area contributed by atoms with Crippen molar-refractivity contribution in [2.24, 2.45) is 0 Å². The third kappa shape index (κ3) is 3.50. The molecule has 0 saturated carbocycles. The topological polar surface area (TPSA) is 87.1 Å². The van der Waals surface area contributed by atoms with Crippen LogP contribution in [0, 0.1) is 0 Å². The molecule has 0 aliphatic carbocycles. The molecule has 148 valence electrons. The number of rotatable bonds is 6. The van der Waals surface area contributed by atoms with Gasteiger partial charge < -0.3 is 23.7 Å². The summed E-state index contributed by atoms with van der Waals surface area (Å²) in [6.07, 6.45) is 0.815. The van der Waals surface area contributed by atoms with E-state index in [1.54, 1.807) is 0 Å². The van der Waals surface area contributed by atoms with E-state index in [0.717, 1.165) is 5.56 Å². The van der Waals surface area contributed by atoms with Gasteiger partial charge in [0.1, 0.15) is 18.4 Å². The number of likely N-dealkylation sites (N-methyl/N-ethyl adjacent to an activating group) is 1. The molecule has 0 N–H and O–H groups in total. The molecule has 2 heterocycles. The predicted octanol–water partition coefficient (Wildman–Crippen LogP) is 1.66. The van der Waals surface area contributed by atoms with Crippen molar-refractivity contribution < 1.29 is 23.8 Å². The van der Waals surface area contributed by atoms with Gasteiger partial charge in [-0.25, -0.2) is 4.79 Å². The van der Waals surface area contributed by atoms with E-state index in [1.807, 2.05) is 37.3 Å². The molecule has 1 aliphatic rings. The predicted molar refractivity (Wildman–Crippen MR) is 100 cm³/mol. The van der Waals surface area contributed by atoms with Crippen molar-refractivity contribution in [3.63, 3.8) is 0 Å². The van der Waals surface area contributed by atoms with E-state index in [9.17, 15) is 14.4 Å². The molecule has 2 aromatic rings. The number of ether oxygens (including phenoxy) is 3. The summed E-state index contributed by atoms with van der Waals surface area (Å²) in [5.41, 5.74) is 0.0643. The quantitative estimate of drug-likeness (QED) is 0.702. The Labute approximate surface area is 162 Å². The standard InChI is InChI=1S/C20H22N2O6/c1-4-22-15(26-2)11-21-10-14(20(25)27-3)17(23)18(16(21)19(22)24)28-12-13-8-6-5-7-9-13/h5-10,15H,4,11-12H2,1-3H3. The molecule has 1 aliphatic heterocycles. The smallest absolute Gasteiger partial charge is 0.343 e. The van der Waals surface area contributed by atoms with Crippen LogP contribution in [0.2, 0.25) is 0 Å². The molecule has 8 heteroatoms. The number of carbonyl (C=O) groups is 2. The molecule has 8 nitrogen and oxygen atoms in total. The highest BCUT2D eigenvalue weighted by Gasteiger charge is 2.36. The first-order valence-electron chi connectivity index (χ1n) is 8.88. The van der Waals surface area contributed by atoms with Gasteiger partial charge in [0, 0.05) is 19.9 Å². The molecule has 3 rings (SSSR count). The van der Waals surface area contributed by atoms with E-state index in [0.29, 0.717) is 6.54 Å². The molecular formula is C20H22N2O6. The monoisotopic (exact) mass is 386 g/mol. The average Bonchev–Trinajstić information content (AvgIpc) is 2.72. The number of esters is 1. The van der Waals surface area contributed by atoms with Gasteiger partial charge in [0.2, 0.25) is 5.43 Å². The summed E-state index contributed by atoms with van der Waals surface area (Å²) in [5, 5.41) is 0. The Kier molecular flexibility index (Phi) is 5.79. The van der Waals surface area contributed by atoms with Crippen LogP contribution in [-0.4, -0.2) is 48.3 Å². The van der Waals surface area contributed by atoms with Crippen molar-refractivity contribution in [3.05, 3.63) is 63.6 Å². The Hall–Kier alpha value is -3.13. The maximum Gasteiger partial charge on any atom is 0.343 e. The fourth-order valence-electron chi connectivity index (χ4n) is 3.20. The third-order valence-corrected chi connectivity index (χ3v) is 4.65. The Morgan fingerprint density at radius 2 is 1.89 bits per heavy atom. The summed E-state index contributed by atoms with van der Waals surface area (Å²) in [5.74, 6) is -1.34. The summed E-state index contributed by atoms with van der Waals surface area (Å²) in [6, 6.07) is 9.24. The lowest BCUT2D eigenvalue weighted by molar-refractivity contribution is -0.0374. The molecule has 28 heavy (non-hydrogen) atoms. The van der Waals surface area contributed by atoms with E-state index in [4.69, 9.17) is 14.2 Å². The molecule has 0 bridgehead atoms. The Morgan fingerprint density at radius 3 is 2.50 bits per heavy atom. The summed E-state index contributed by atoms with van der Waals surface area (Å²) < 4.78 is 17.4. The zero-order valence-electron chi connectivity index (χ0n) is 16.0. The molecule has 1 unspecified atom stereocenters. The highest BCUT2D eigenvalue weighted by atomic mass is 16.5. The van der Waals surface area contributed by atoms with Gasteiger partial charge in [-0.15, -0.1) is 0 Å². The number of fused-ring (bicyclic) bond motifs is 1. The van der Waals surface area contributed by atoms with E-state index < -0.39 is 23.5 Å². The van der Waals surface area contributed by atoms with Gasteiger partial charge in [-0.05, 0) is 12.5 Å². The summed E-state index contributed by atoms with van der Waals surface area (Å²) in [6.45, 7) is 2.58. The minimum Gasteiger partial charge on any atom is -0.483 e. The van der Waals surface area contributed by atoms with Crippen LogP contribution in [0.4, 0.5) is 0 Å². The van der Waals surface area contributed by atoms with Gasteiger partial charge in [-0.1, -0.05) is 30.3 Å². The van der Waals surface area contributed by atoms with Gasteiger partial charge in [0.25, 0.3) is 5.91 Å². The number of carbonyl (C=O) groups excluding carboxylic acids is 2. The van der Waals surface area contributed by atoms with Crippen LogP contribution < -0.4 is 10.2 Å². The molecule has 1 atom stereocenters. The molecule has 1 aromatic carbocycles. The first-order valence-corrected chi connectivity index (χ1v) is 8.88. The summed E-state index contributed by atoms with van der Waals surface area (Å²) in [7, 11) is 2.69. The molecule has 0 fully saturated rings. The maximum atomic E-state index is 13.0. The second kappa shape index (κ2) is 8.26. The van der Waals surface area contributed by atoms with E-state index in [1.165, 1.54) is 29.9 Å². The maximum absolute atomic E-state index is 13.0. The Bertz CT molecular complexity index is 938. The van der Waals surface area contributed by atoms with Crippen molar-refractivity contribution in [2.45, 2.75) is 26.3 Å². The summed E-state index contributed by atoms with van der Waals surface area (Å²) in [4.78, 5) is 39.6. The van der Waals surface area contributed by atoms with Crippen LogP contribution in [0.1, 0.15) is 33.3 Å².